The Bertz CT molecular complexity index is 476. The summed E-state index contributed by atoms with van der Waals surface area (Å²) in [5.41, 5.74) is 0.916. The first kappa shape index (κ1) is 12.2. The fraction of sp³-hybridized carbons (Fsp3) is 0.333. The van der Waals surface area contributed by atoms with Crippen molar-refractivity contribution in [1.82, 2.24) is 5.01 Å². The van der Waals surface area contributed by atoms with Crippen molar-refractivity contribution in [3.8, 4) is 0 Å². The molecule has 0 radical (unpaired) electrons. The van der Waals surface area contributed by atoms with Crippen LogP contribution < -0.4 is 0 Å². The summed E-state index contributed by atoms with van der Waals surface area (Å²) in [4.78, 5) is 21.1. The lowest BCUT2D eigenvalue weighted by Gasteiger charge is -2.11. The molecule has 0 saturated carbocycles. The molecule has 1 aliphatic rings. The highest BCUT2D eigenvalue weighted by Crippen LogP contribution is 2.14. The van der Waals surface area contributed by atoms with Crippen LogP contribution in [-0.2, 0) is 4.79 Å². The van der Waals surface area contributed by atoms with Gasteiger partial charge in [0.05, 0.1) is 4.92 Å². The number of rotatable bonds is 4. The smallest absolute Gasteiger partial charge is 0.269 e. The van der Waals surface area contributed by atoms with E-state index in [4.69, 9.17) is 0 Å². The number of hydrazone groups is 1. The second-order valence-corrected chi connectivity index (χ2v) is 4.07. The molecule has 94 valence electrons. The van der Waals surface area contributed by atoms with Gasteiger partial charge in [-0.05, 0) is 25.0 Å². The van der Waals surface area contributed by atoms with Gasteiger partial charge in [0.15, 0.2) is 6.29 Å². The van der Waals surface area contributed by atoms with E-state index in [0.29, 0.717) is 17.6 Å². The lowest BCUT2D eigenvalue weighted by molar-refractivity contribution is -0.384. The number of hydrogen-bond acceptors (Lipinski definition) is 5. The number of nitro benzene ring substituents is 1. The Kier molecular flexibility index (Phi) is 3.66. The molecule has 1 aromatic carbocycles. The number of nitro groups is 1. The summed E-state index contributed by atoms with van der Waals surface area (Å²) in [6.07, 6.45) is 2.84. The van der Waals surface area contributed by atoms with E-state index in [-0.39, 0.29) is 5.69 Å². The van der Waals surface area contributed by atoms with E-state index in [1.807, 2.05) is 5.01 Å². The summed E-state index contributed by atoms with van der Waals surface area (Å²) in [6, 6.07) is 5.83. The third-order valence-electron chi connectivity index (χ3n) is 2.82. The zero-order valence-corrected chi connectivity index (χ0v) is 9.78. The van der Waals surface area contributed by atoms with Crippen molar-refractivity contribution in [2.45, 2.75) is 12.8 Å². The van der Waals surface area contributed by atoms with Gasteiger partial charge in [0.2, 0.25) is 0 Å². The average Bonchev–Trinajstić information content (AvgIpc) is 2.89. The molecule has 2 rings (SSSR count). The minimum atomic E-state index is -0.470. The van der Waals surface area contributed by atoms with Crippen molar-refractivity contribution in [1.29, 1.82) is 0 Å². The second kappa shape index (κ2) is 5.39. The van der Waals surface area contributed by atoms with Crippen LogP contribution in [0.15, 0.2) is 29.4 Å². The first-order valence-corrected chi connectivity index (χ1v) is 5.74. The minimum Gasteiger partial charge on any atom is -0.296 e. The van der Waals surface area contributed by atoms with Crippen LogP contribution in [0, 0.1) is 10.1 Å². The largest absolute Gasteiger partial charge is 0.296 e. The normalized spacial score (nSPS) is 15.8. The summed E-state index contributed by atoms with van der Waals surface area (Å²) >= 11 is 0. The van der Waals surface area contributed by atoms with E-state index < -0.39 is 4.92 Å². The maximum Gasteiger partial charge on any atom is 0.269 e. The van der Waals surface area contributed by atoms with Gasteiger partial charge in [-0.1, -0.05) is 0 Å². The standard InChI is InChI=1S/C12H13N3O3/c16-9-12(13-14-7-1-2-8-14)10-3-5-11(6-4-10)15(17)18/h3-6,9H,1-2,7-8H2/b13-12+. The highest BCUT2D eigenvalue weighted by atomic mass is 16.6. The van der Waals surface area contributed by atoms with Crippen molar-refractivity contribution in [3.63, 3.8) is 0 Å². The highest BCUT2D eigenvalue weighted by molar-refractivity contribution is 6.36. The number of aldehydes is 1. The zero-order chi connectivity index (χ0) is 13.0. The second-order valence-electron chi connectivity index (χ2n) is 4.07. The zero-order valence-electron chi connectivity index (χ0n) is 9.78. The summed E-state index contributed by atoms with van der Waals surface area (Å²) in [7, 11) is 0. The van der Waals surface area contributed by atoms with E-state index in [1.54, 1.807) is 12.1 Å². The predicted molar refractivity (Wildman–Crippen MR) is 66.5 cm³/mol. The van der Waals surface area contributed by atoms with Crippen LogP contribution in [0.3, 0.4) is 0 Å². The Hall–Kier alpha value is -2.24. The molecule has 0 bridgehead atoms. The highest BCUT2D eigenvalue weighted by Gasteiger charge is 2.12. The number of hydrogen-bond donors (Lipinski definition) is 0. The van der Waals surface area contributed by atoms with Gasteiger partial charge in [0.1, 0.15) is 5.71 Å². The van der Waals surface area contributed by atoms with E-state index in [2.05, 4.69) is 5.10 Å². The van der Waals surface area contributed by atoms with Crippen LogP contribution in [-0.4, -0.2) is 35.0 Å². The van der Waals surface area contributed by atoms with Gasteiger partial charge in [0, 0.05) is 30.8 Å². The van der Waals surface area contributed by atoms with Gasteiger partial charge in [0.25, 0.3) is 5.69 Å². The monoisotopic (exact) mass is 247 g/mol. The third-order valence-corrected chi connectivity index (χ3v) is 2.82. The lowest BCUT2D eigenvalue weighted by atomic mass is 10.1. The maximum absolute atomic E-state index is 11.0. The van der Waals surface area contributed by atoms with Crippen molar-refractivity contribution in [2.24, 2.45) is 5.10 Å². The molecule has 0 N–H and O–H groups in total. The number of nitrogens with zero attached hydrogens (tertiary/aromatic N) is 3. The SMILES string of the molecule is O=C/C(=N\N1CCCC1)c1ccc([N+](=O)[O-])cc1. The van der Waals surface area contributed by atoms with Gasteiger partial charge in [-0.3, -0.25) is 19.9 Å². The molecular weight excluding hydrogens is 234 g/mol. The van der Waals surface area contributed by atoms with Crippen LogP contribution in [0.4, 0.5) is 5.69 Å². The van der Waals surface area contributed by atoms with Gasteiger partial charge in [-0.2, -0.15) is 5.10 Å². The van der Waals surface area contributed by atoms with Gasteiger partial charge in [-0.25, -0.2) is 0 Å². The van der Waals surface area contributed by atoms with Crippen LogP contribution in [0.2, 0.25) is 0 Å². The molecule has 6 heteroatoms. The van der Waals surface area contributed by atoms with Gasteiger partial charge in [-0.15, -0.1) is 0 Å². The minimum absolute atomic E-state index is 0.00479. The van der Waals surface area contributed by atoms with Crippen molar-refractivity contribution < 1.29 is 9.72 Å². The molecule has 1 aromatic rings. The molecule has 0 unspecified atom stereocenters. The molecule has 18 heavy (non-hydrogen) atoms. The van der Waals surface area contributed by atoms with Crippen LogP contribution in [0.25, 0.3) is 0 Å². The Morgan fingerprint density at radius 3 is 2.39 bits per heavy atom. The molecule has 0 amide bonds. The Morgan fingerprint density at radius 2 is 1.89 bits per heavy atom. The molecule has 0 atom stereocenters. The van der Waals surface area contributed by atoms with Gasteiger partial charge >= 0.3 is 0 Å². The first-order chi connectivity index (χ1) is 8.70. The molecule has 1 saturated heterocycles. The van der Waals surface area contributed by atoms with Gasteiger partial charge < -0.3 is 0 Å². The molecular formula is C12H13N3O3. The van der Waals surface area contributed by atoms with E-state index in [9.17, 15) is 14.9 Å². The van der Waals surface area contributed by atoms with Crippen molar-refractivity contribution in [2.75, 3.05) is 13.1 Å². The Morgan fingerprint density at radius 1 is 1.28 bits per heavy atom. The quantitative estimate of drug-likeness (QED) is 0.350. The van der Waals surface area contributed by atoms with Crippen LogP contribution in [0.1, 0.15) is 18.4 Å². The number of non-ortho nitro benzene ring substituents is 1. The summed E-state index contributed by atoms with van der Waals surface area (Å²) < 4.78 is 0. The Labute approximate surface area is 104 Å². The summed E-state index contributed by atoms with van der Waals surface area (Å²) in [5, 5.41) is 16.6. The topological polar surface area (TPSA) is 75.8 Å². The van der Waals surface area contributed by atoms with E-state index in [0.717, 1.165) is 25.9 Å². The maximum atomic E-state index is 11.0. The van der Waals surface area contributed by atoms with E-state index >= 15 is 0 Å². The average molecular weight is 247 g/mol. The summed E-state index contributed by atoms with van der Waals surface area (Å²) in [5.74, 6) is 0. The van der Waals surface area contributed by atoms with Crippen LogP contribution in [0.5, 0.6) is 0 Å². The number of carbonyl (C=O) groups excluding carboxylic acids is 1. The Balaban J connectivity index is 2.21. The first-order valence-electron chi connectivity index (χ1n) is 5.74. The molecule has 6 nitrogen and oxygen atoms in total. The fourth-order valence-electron chi connectivity index (χ4n) is 1.86. The number of carbonyl (C=O) groups is 1. The fourth-order valence-corrected chi connectivity index (χ4v) is 1.86. The van der Waals surface area contributed by atoms with Crippen molar-refractivity contribution in [3.05, 3.63) is 39.9 Å². The number of benzene rings is 1. The molecule has 1 fully saturated rings. The molecule has 0 aliphatic carbocycles. The predicted octanol–water partition coefficient (Wildman–Crippen LogP) is 1.59. The molecule has 0 aromatic heterocycles. The molecule has 1 aliphatic heterocycles. The molecule has 1 heterocycles. The lowest BCUT2D eigenvalue weighted by Crippen LogP contribution is -2.16. The van der Waals surface area contributed by atoms with Crippen molar-refractivity contribution >= 4 is 17.7 Å². The summed E-state index contributed by atoms with van der Waals surface area (Å²) in [6.45, 7) is 1.70. The van der Waals surface area contributed by atoms with E-state index in [1.165, 1.54) is 12.1 Å². The van der Waals surface area contributed by atoms with Crippen LogP contribution >= 0.6 is 0 Å². The molecule has 0 spiro atoms. The third kappa shape index (κ3) is 2.71.